The highest BCUT2D eigenvalue weighted by atomic mass is 16.5. The van der Waals surface area contributed by atoms with E-state index in [0.29, 0.717) is 43.1 Å². The first-order chi connectivity index (χ1) is 15.6. The zero-order valence-corrected chi connectivity index (χ0v) is 21.7. The molecule has 1 rings (SSSR count). The van der Waals surface area contributed by atoms with E-state index in [0.717, 1.165) is 6.42 Å². The number of carbonyl (C=O) groups excluding carboxylic acids is 2. The lowest BCUT2D eigenvalue weighted by atomic mass is 9.84. The van der Waals surface area contributed by atoms with Crippen LogP contribution in [-0.4, -0.2) is 58.1 Å². The first kappa shape index (κ1) is 28.7. The van der Waals surface area contributed by atoms with Gasteiger partial charge < -0.3 is 19.1 Å². The minimum Gasteiger partial charge on any atom is -0.493 e. The molecule has 0 N–H and O–H groups in total. The Morgan fingerprint density at radius 1 is 0.909 bits per heavy atom. The Balaban J connectivity index is 2.91. The summed E-state index contributed by atoms with van der Waals surface area (Å²) in [4.78, 5) is 27.4. The van der Waals surface area contributed by atoms with Crippen LogP contribution >= 0.6 is 0 Å². The van der Waals surface area contributed by atoms with Gasteiger partial charge in [0.25, 0.3) is 0 Å². The number of methoxy groups -OCH3 is 2. The average Bonchev–Trinajstić information content (AvgIpc) is 2.77. The van der Waals surface area contributed by atoms with E-state index in [9.17, 15) is 9.59 Å². The lowest BCUT2D eigenvalue weighted by Crippen LogP contribution is -2.32. The third-order valence-electron chi connectivity index (χ3n) is 5.85. The normalized spacial score (nSPS) is 13.4. The predicted molar refractivity (Wildman–Crippen MR) is 133 cm³/mol. The van der Waals surface area contributed by atoms with E-state index in [2.05, 4.69) is 27.7 Å². The highest BCUT2D eigenvalue weighted by Gasteiger charge is 2.25. The molecule has 33 heavy (non-hydrogen) atoms. The number of Topliss-reactive ketones (excluding diaryl/α,β-unsaturated/α-hetero) is 1. The molecule has 0 aromatic heterocycles. The Morgan fingerprint density at radius 3 is 2.03 bits per heavy atom. The van der Waals surface area contributed by atoms with Crippen molar-refractivity contribution in [2.24, 2.45) is 23.7 Å². The maximum atomic E-state index is 13.3. The summed E-state index contributed by atoms with van der Waals surface area (Å²) in [5.41, 5.74) is 0.618. The van der Waals surface area contributed by atoms with Gasteiger partial charge in [0.2, 0.25) is 5.91 Å². The highest BCUT2D eigenvalue weighted by molar-refractivity contribution is 5.98. The second-order valence-corrected chi connectivity index (χ2v) is 9.30. The maximum Gasteiger partial charge on any atom is 0.225 e. The molecule has 1 aromatic carbocycles. The average molecular weight is 462 g/mol. The minimum absolute atomic E-state index is 0.0520. The number of nitrogens with zero attached hydrogens (tertiary/aromatic N) is 1. The first-order valence-corrected chi connectivity index (χ1v) is 11.8. The molecular formula is C27H43NO5. The van der Waals surface area contributed by atoms with Crippen LogP contribution in [0.25, 0.3) is 0 Å². The number of ether oxygens (including phenoxy) is 3. The lowest BCUT2D eigenvalue weighted by Gasteiger charge is -2.22. The molecule has 0 saturated heterocycles. The molecule has 0 bridgehead atoms. The van der Waals surface area contributed by atoms with Crippen LogP contribution in [0.5, 0.6) is 11.5 Å². The number of ketones is 1. The molecular weight excluding hydrogens is 418 g/mol. The van der Waals surface area contributed by atoms with Crippen molar-refractivity contribution in [3.63, 3.8) is 0 Å². The monoisotopic (exact) mass is 461 g/mol. The summed E-state index contributed by atoms with van der Waals surface area (Å²) >= 11 is 0. The standard InChI is InChI=1S/C27H43NO5/c1-19(2)22(12-9-10-13-23(20(3)4)27(30)28(5)6)26(29)21-14-15-24(32-8)25(18-21)33-17-11-16-31-7/h9-10,14-15,18-20,22-23H,11-13,16-17H2,1-8H3/t22-,23-/m0/s1. The molecule has 0 aliphatic carbocycles. The number of benzene rings is 1. The second-order valence-electron chi connectivity index (χ2n) is 9.30. The SMILES string of the molecule is COCCCOc1cc(C(=O)[C@@H](CC=CC[C@H](C(=O)N(C)C)C(C)C)C(C)C)ccc1OC. The van der Waals surface area contributed by atoms with Crippen molar-refractivity contribution >= 4 is 11.7 Å². The molecule has 0 fully saturated rings. The Hall–Kier alpha value is -2.34. The summed E-state index contributed by atoms with van der Waals surface area (Å²) in [5, 5.41) is 0. The van der Waals surface area contributed by atoms with Crippen LogP contribution in [0.3, 0.4) is 0 Å². The summed E-state index contributed by atoms with van der Waals surface area (Å²) in [7, 11) is 6.83. The summed E-state index contributed by atoms with van der Waals surface area (Å²) in [6, 6.07) is 5.36. The quantitative estimate of drug-likeness (QED) is 0.202. The van der Waals surface area contributed by atoms with Crippen LogP contribution in [0.4, 0.5) is 0 Å². The third kappa shape index (κ3) is 9.20. The number of allylic oxidation sites excluding steroid dienone is 2. The van der Waals surface area contributed by atoms with Crippen molar-refractivity contribution in [2.75, 3.05) is 41.5 Å². The number of amides is 1. The van der Waals surface area contributed by atoms with Crippen LogP contribution in [0.1, 0.15) is 57.3 Å². The van der Waals surface area contributed by atoms with Crippen LogP contribution in [0, 0.1) is 23.7 Å². The number of rotatable bonds is 15. The largest absolute Gasteiger partial charge is 0.493 e. The molecule has 1 amide bonds. The first-order valence-electron chi connectivity index (χ1n) is 11.8. The molecule has 0 heterocycles. The molecule has 6 nitrogen and oxygen atoms in total. The van der Waals surface area contributed by atoms with Crippen LogP contribution in [0.2, 0.25) is 0 Å². The van der Waals surface area contributed by atoms with Crippen molar-refractivity contribution in [1.82, 2.24) is 4.90 Å². The fourth-order valence-corrected chi connectivity index (χ4v) is 3.70. The van der Waals surface area contributed by atoms with Gasteiger partial charge >= 0.3 is 0 Å². The van der Waals surface area contributed by atoms with Gasteiger partial charge in [0.1, 0.15) is 0 Å². The van der Waals surface area contributed by atoms with Gasteiger partial charge in [-0.15, -0.1) is 0 Å². The zero-order chi connectivity index (χ0) is 25.0. The summed E-state index contributed by atoms with van der Waals surface area (Å²) in [6.07, 6.45) is 6.16. The fraction of sp³-hybridized carbons (Fsp3) is 0.630. The Labute approximate surface area is 200 Å². The van der Waals surface area contributed by atoms with Gasteiger partial charge in [-0.25, -0.2) is 0 Å². The van der Waals surface area contributed by atoms with Crippen LogP contribution in [0.15, 0.2) is 30.4 Å². The van der Waals surface area contributed by atoms with Crippen molar-refractivity contribution in [1.29, 1.82) is 0 Å². The maximum absolute atomic E-state index is 13.3. The Bertz CT molecular complexity index is 770. The van der Waals surface area contributed by atoms with E-state index >= 15 is 0 Å². The van der Waals surface area contributed by atoms with Gasteiger partial charge in [-0.05, 0) is 42.9 Å². The van der Waals surface area contributed by atoms with E-state index in [4.69, 9.17) is 14.2 Å². The minimum atomic E-state index is -0.155. The summed E-state index contributed by atoms with van der Waals surface area (Å²) < 4.78 is 16.3. The van der Waals surface area contributed by atoms with E-state index in [1.165, 1.54) is 0 Å². The number of carbonyl (C=O) groups is 2. The Morgan fingerprint density at radius 2 is 1.52 bits per heavy atom. The van der Waals surface area contributed by atoms with Crippen molar-refractivity contribution in [3.05, 3.63) is 35.9 Å². The lowest BCUT2D eigenvalue weighted by molar-refractivity contribution is -0.134. The third-order valence-corrected chi connectivity index (χ3v) is 5.85. The summed E-state index contributed by atoms with van der Waals surface area (Å²) in [5.74, 6) is 1.64. The fourth-order valence-electron chi connectivity index (χ4n) is 3.70. The van der Waals surface area contributed by atoms with Gasteiger partial charge in [-0.3, -0.25) is 9.59 Å². The molecule has 0 unspecified atom stereocenters. The zero-order valence-electron chi connectivity index (χ0n) is 21.7. The second kappa shape index (κ2) is 14.7. The smallest absolute Gasteiger partial charge is 0.225 e. The highest BCUT2D eigenvalue weighted by Crippen LogP contribution is 2.31. The van der Waals surface area contributed by atoms with Crippen molar-refractivity contribution in [2.45, 2.75) is 47.0 Å². The van der Waals surface area contributed by atoms with Gasteiger partial charge in [0, 0.05) is 51.6 Å². The molecule has 0 radical (unpaired) electrons. The van der Waals surface area contributed by atoms with E-state index in [1.54, 1.807) is 51.4 Å². The molecule has 6 heteroatoms. The van der Waals surface area contributed by atoms with E-state index in [1.807, 2.05) is 12.2 Å². The van der Waals surface area contributed by atoms with Gasteiger partial charge in [0.05, 0.1) is 13.7 Å². The molecule has 0 aliphatic heterocycles. The predicted octanol–water partition coefficient (Wildman–Crippen LogP) is 5.26. The van der Waals surface area contributed by atoms with Crippen LogP contribution in [-0.2, 0) is 9.53 Å². The van der Waals surface area contributed by atoms with Gasteiger partial charge in [-0.1, -0.05) is 39.8 Å². The Kier molecular flexibility index (Phi) is 12.8. The molecule has 0 saturated carbocycles. The van der Waals surface area contributed by atoms with E-state index < -0.39 is 0 Å². The number of hydrogen-bond acceptors (Lipinski definition) is 5. The molecule has 1 aromatic rings. The number of hydrogen-bond donors (Lipinski definition) is 0. The van der Waals surface area contributed by atoms with Crippen LogP contribution < -0.4 is 9.47 Å². The summed E-state index contributed by atoms with van der Waals surface area (Å²) in [6.45, 7) is 9.36. The van der Waals surface area contributed by atoms with Crippen molar-refractivity contribution in [3.8, 4) is 11.5 Å². The van der Waals surface area contributed by atoms with Gasteiger partial charge in [0.15, 0.2) is 17.3 Å². The van der Waals surface area contributed by atoms with E-state index in [-0.39, 0.29) is 35.4 Å². The van der Waals surface area contributed by atoms with Gasteiger partial charge in [-0.2, -0.15) is 0 Å². The topological polar surface area (TPSA) is 65.1 Å². The molecule has 186 valence electrons. The molecule has 0 spiro atoms. The van der Waals surface area contributed by atoms with Crippen molar-refractivity contribution < 1.29 is 23.8 Å². The molecule has 0 aliphatic rings. The molecule has 2 atom stereocenters.